The standard InChI is InChI=1S/C21H28N2O3/c1-3-14(2)15-8-10-16(11-9-15)22-19(24)12-13-23-20(25)17-6-4-5-7-18(17)21(23)26/h8-11,14,17-18H,3-7,12-13H2,1-2H3,(H,22,24)/t14-,17-,18-/m0/s1. The third kappa shape index (κ3) is 3.81. The van der Waals surface area contributed by atoms with Gasteiger partial charge in [-0.15, -0.1) is 0 Å². The summed E-state index contributed by atoms with van der Waals surface area (Å²) in [6, 6.07) is 7.87. The van der Waals surface area contributed by atoms with Crippen LogP contribution in [-0.4, -0.2) is 29.2 Å². The number of hydrogen-bond acceptors (Lipinski definition) is 3. The molecule has 1 N–H and O–H groups in total. The molecule has 0 unspecified atom stereocenters. The van der Waals surface area contributed by atoms with Crippen LogP contribution in [-0.2, 0) is 14.4 Å². The van der Waals surface area contributed by atoms with Crippen LogP contribution in [0, 0.1) is 11.8 Å². The quantitative estimate of drug-likeness (QED) is 0.790. The third-order valence-corrected chi connectivity index (χ3v) is 5.87. The van der Waals surface area contributed by atoms with Crippen molar-refractivity contribution in [3.63, 3.8) is 0 Å². The van der Waals surface area contributed by atoms with Crippen LogP contribution in [0.15, 0.2) is 24.3 Å². The van der Waals surface area contributed by atoms with Crippen LogP contribution in [0.1, 0.15) is 63.9 Å². The van der Waals surface area contributed by atoms with Gasteiger partial charge in [-0.05, 0) is 42.9 Å². The molecule has 2 aliphatic rings. The molecular weight excluding hydrogens is 328 g/mol. The molecule has 5 heteroatoms. The Morgan fingerprint density at radius 1 is 1.12 bits per heavy atom. The molecular formula is C21H28N2O3. The topological polar surface area (TPSA) is 66.5 Å². The van der Waals surface area contributed by atoms with E-state index in [1.165, 1.54) is 10.5 Å². The van der Waals surface area contributed by atoms with E-state index < -0.39 is 0 Å². The van der Waals surface area contributed by atoms with E-state index in [9.17, 15) is 14.4 Å². The first-order valence-electron chi connectivity index (χ1n) is 9.76. The third-order valence-electron chi connectivity index (χ3n) is 5.87. The van der Waals surface area contributed by atoms with Gasteiger partial charge in [-0.25, -0.2) is 0 Å². The number of imide groups is 1. The first kappa shape index (κ1) is 18.6. The van der Waals surface area contributed by atoms with Crippen molar-refractivity contribution in [3.8, 4) is 0 Å². The number of benzene rings is 1. The smallest absolute Gasteiger partial charge is 0.233 e. The number of nitrogens with zero attached hydrogens (tertiary/aromatic N) is 1. The molecule has 1 saturated carbocycles. The Morgan fingerprint density at radius 2 is 1.69 bits per heavy atom. The normalized spacial score (nSPS) is 23.7. The van der Waals surface area contributed by atoms with Crippen LogP contribution in [0.3, 0.4) is 0 Å². The summed E-state index contributed by atoms with van der Waals surface area (Å²) in [5, 5.41) is 2.85. The Balaban J connectivity index is 1.52. The van der Waals surface area contributed by atoms with Crippen molar-refractivity contribution in [2.45, 2.75) is 58.3 Å². The van der Waals surface area contributed by atoms with Crippen molar-refractivity contribution in [3.05, 3.63) is 29.8 Å². The molecule has 3 amide bonds. The highest BCUT2D eigenvalue weighted by molar-refractivity contribution is 6.05. The molecule has 140 valence electrons. The Morgan fingerprint density at radius 3 is 2.23 bits per heavy atom. The first-order chi connectivity index (χ1) is 12.5. The van der Waals surface area contributed by atoms with E-state index in [4.69, 9.17) is 0 Å². The fourth-order valence-corrected chi connectivity index (χ4v) is 4.02. The lowest BCUT2D eigenvalue weighted by Crippen LogP contribution is -2.34. The molecule has 1 aromatic rings. The fourth-order valence-electron chi connectivity index (χ4n) is 4.02. The van der Waals surface area contributed by atoms with Gasteiger partial charge in [0.2, 0.25) is 17.7 Å². The molecule has 1 aliphatic carbocycles. The minimum Gasteiger partial charge on any atom is -0.326 e. The lowest BCUT2D eigenvalue weighted by molar-refractivity contribution is -0.140. The van der Waals surface area contributed by atoms with Crippen LogP contribution in [0.25, 0.3) is 0 Å². The summed E-state index contributed by atoms with van der Waals surface area (Å²) in [6.07, 6.45) is 4.86. The Hall–Kier alpha value is -2.17. The molecule has 3 atom stereocenters. The molecule has 1 aromatic carbocycles. The number of nitrogens with one attached hydrogen (secondary N) is 1. The van der Waals surface area contributed by atoms with E-state index in [2.05, 4.69) is 19.2 Å². The van der Waals surface area contributed by atoms with Crippen LogP contribution in [0.4, 0.5) is 5.69 Å². The first-order valence-corrected chi connectivity index (χ1v) is 9.76. The zero-order chi connectivity index (χ0) is 18.7. The Labute approximate surface area is 155 Å². The fraction of sp³-hybridized carbons (Fsp3) is 0.571. The minimum atomic E-state index is -0.170. The number of amides is 3. The summed E-state index contributed by atoms with van der Waals surface area (Å²) in [6.45, 7) is 4.51. The minimum absolute atomic E-state index is 0.0783. The van der Waals surface area contributed by atoms with Crippen molar-refractivity contribution in [1.82, 2.24) is 4.90 Å². The maximum Gasteiger partial charge on any atom is 0.233 e. The van der Waals surface area contributed by atoms with E-state index in [0.717, 1.165) is 37.8 Å². The highest BCUT2D eigenvalue weighted by atomic mass is 16.2. The van der Waals surface area contributed by atoms with Crippen molar-refractivity contribution in [2.24, 2.45) is 11.8 Å². The summed E-state index contributed by atoms with van der Waals surface area (Å²) in [4.78, 5) is 38.4. The lowest BCUT2D eigenvalue weighted by atomic mass is 9.81. The molecule has 5 nitrogen and oxygen atoms in total. The molecule has 0 bridgehead atoms. The Bertz CT molecular complexity index is 659. The zero-order valence-corrected chi connectivity index (χ0v) is 15.7. The average Bonchev–Trinajstić information content (AvgIpc) is 2.91. The van der Waals surface area contributed by atoms with Gasteiger partial charge in [0.15, 0.2) is 0 Å². The summed E-state index contributed by atoms with van der Waals surface area (Å²) in [5.41, 5.74) is 2.00. The number of fused-ring (bicyclic) bond motifs is 1. The number of hydrogen-bond donors (Lipinski definition) is 1. The van der Waals surface area contributed by atoms with Crippen LogP contribution in [0.5, 0.6) is 0 Å². The van der Waals surface area contributed by atoms with Gasteiger partial charge < -0.3 is 5.32 Å². The number of rotatable bonds is 6. The second-order valence-electron chi connectivity index (χ2n) is 7.56. The molecule has 0 radical (unpaired) electrons. The molecule has 1 saturated heterocycles. The molecule has 1 aliphatic heterocycles. The van der Waals surface area contributed by atoms with Crippen LogP contribution in [0.2, 0.25) is 0 Å². The average molecular weight is 356 g/mol. The molecule has 1 heterocycles. The summed E-state index contributed by atoms with van der Waals surface area (Å²) in [7, 11) is 0. The summed E-state index contributed by atoms with van der Waals surface area (Å²) < 4.78 is 0. The predicted molar refractivity (Wildman–Crippen MR) is 101 cm³/mol. The van der Waals surface area contributed by atoms with Gasteiger partial charge in [-0.1, -0.05) is 38.8 Å². The summed E-state index contributed by atoms with van der Waals surface area (Å²) >= 11 is 0. The van der Waals surface area contributed by atoms with Gasteiger partial charge in [0.25, 0.3) is 0 Å². The van der Waals surface area contributed by atoms with Gasteiger partial charge in [-0.2, -0.15) is 0 Å². The summed E-state index contributed by atoms with van der Waals surface area (Å²) in [5.74, 6) is -0.122. The number of carbonyl (C=O) groups is 3. The Kier molecular flexibility index (Phi) is 5.74. The molecule has 2 fully saturated rings. The molecule has 0 aromatic heterocycles. The second-order valence-corrected chi connectivity index (χ2v) is 7.56. The predicted octanol–water partition coefficient (Wildman–Crippen LogP) is 3.70. The zero-order valence-electron chi connectivity index (χ0n) is 15.7. The van der Waals surface area contributed by atoms with Gasteiger partial charge >= 0.3 is 0 Å². The maximum atomic E-state index is 12.4. The van der Waals surface area contributed by atoms with E-state index in [1.54, 1.807) is 0 Å². The van der Waals surface area contributed by atoms with Crippen LogP contribution < -0.4 is 5.32 Å². The highest BCUT2D eigenvalue weighted by Gasteiger charge is 2.47. The largest absolute Gasteiger partial charge is 0.326 e. The number of likely N-dealkylation sites (tertiary alicyclic amines) is 1. The van der Waals surface area contributed by atoms with Crippen LogP contribution >= 0.6 is 0 Å². The monoisotopic (exact) mass is 356 g/mol. The lowest BCUT2D eigenvalue weighted by Gasteiger charge is -2.19. The molecule has 26 heavy (non-hydrogen) atoms. The van der Waals surface area contributed by atoms with Gasteiger partial charge in [-0.3, -0.25) is 19.3 Å². The van der Waals surface area contributed by atoms with E-state index in [0.29, 0.717) is 5.92 Å². The van der Waals surface area contributed by atoms with Gasteiger partial charge in [0.05, 0.1) is 11.8 Å². The van der Waals surface area contributed by atoms with E-state index in [-0.39, 0.29) is 42.5 Å². The van der Waals surface area contributed by atoms with Gasteiger partial charge in [0.1, 0.15) is 0 Å². The van der Waals surface area contributed by atoms with E-state index in [1.807, 2.05) is 24.3 Å². The number of carbonyl (C=O) groups excluding carboxylic acids is 3. The van der Waals surface area contributed by atoms with Crippen molar-refractivity contribution < 1.29 is 14.4 Å². The maximum absolute atomic E-state index is 12.4. The van der Waals surface area contributed by atoms with Gasteiger partial charge in [0, 0.05) is 18.7 Å². The molecule has 0 spiro atoms. The molecule has 3 rings (SSSR count). The van der Waals surface area contributed by atoms with E-state index >= 15 is 0 Å². The second kappa shape index (κ2) is 8.02. The van der Waals surface area contributed by atoms with Crippen molar-refractivity contribution >= 4 is 23.4 Å². The highest BCUT2D eigenvalue weighted by Crippen LogP contribution is 2.38. The van der Waals surface area contributed by atoms with Crippen molar-refractivity contribution in [2.75, 3.05) is 11.9 Å². The van der Waals surface area contributed by atoms with Crippen molar-refractivity contribution in [1.29, 1.82) is 0 Å². The number of anilines is 1. The SMILES string of the molecule is CC[C@H](C)c1ccc(NC(=O)CCN2C(=O)[C@H]3CCCC[C@@H]3C2=O)cc1.